The summed E-state index contributed by atoms with van der Waals surface area (Å²) in [6.07, 6.45) is 7.52. The van der Waals surface area contributed by atoms with Gasteiger partial charge in [-0.15, -0.1) is 0 Å². The van der Waals surface area contributed by atoms with Crippen molar-refractivity contribution in [3.05, 3.63) is 48.3 Å². The molecule has 2 aliphatic heterocycles. The highest BCUT2D eigenvalue weighted by atomic mass is 16.5. The lowest BCUT2D eigenvalue weighted by Crippen LogP contribution is -2.47. The average molecular weight is 325 g/mol. The van der Waals surface area contributed by atoms with Gasteiger partial charge in [0, 0.05) is 37.7 Å². The Morgan fingerprint density at radius 1 is 1.21 bits per heavy atom. The van der Waals surface area contributed by atoms with Crippen LogP contribution in [0, 0.1) is 5.41 Å². The van der Waals surface area contributed by atoms with E-state index in [2.05, 4.69) is 11.3 Å². The summed E-state index contributed by atoms with van der Waals surface area (Å²) in [4.78, 5) is 14.3. The highest BCUT2D eigenvalue weighted by Crippen LogP contribution is 2.38. The van der Waals surface area contributed by atoms with Crippen LogP contribution in [-0.2, 0) is 16.0 Å². The number of likely N-dealkylation sites (tertiary alicyclic amines) is 1. The van der Waals surface area contributed by atoms with Crippen LogP contribution < -0.4 is 0 Å². The molecule has 0 unspecified atom stereocenters. The Labute approximate surface area is 142 Å². The maximum Gasteiger partial charge on any atom is 0.222 e. The van der Waals surface area contributed by atoms with E-state index >= 15 is 0 Å². The first-order valence-corrected chi connectivity index (χ1v) is 8.69. The molecule has 2 aromatic rings. The van der Waals surface area contributed by atoms with Gasteiger partial charge in [0.2, 0.25) is 5.91 Å². The van der Waals surface area contributed by atoms with Crippen molar-refractivity contribution in [3.8, 4) is 5.69 Å². The van der Waals surface area contributed by atoms with Gasteiger partial charge in [0.1, 0.15) is 0 Å². The SMILES string of the molecule is O=C1CC[C@]2(CCOC2)CN1CCc1cnn(-c2ccccc2)c1. The van der Waals surface area contributed by atoms with Crippen molar-refractivity contribution in [2.75, 3.05) is 26.3 Å². The molecular weight excluding hydrogens is 302 g/mol. The van der Waals surface area contributed by atoms with Crippen molar-refractivity contribution in [1.29, 1.82) is 0 Å². The Hall–Kier alpha value is -2.14. The van der Waals surface area contributed by atoms with Gasteiger partial charge in [0.25, 0.3) is 0 Å². The van der Waals surface area contributed by atoms with E-state index in [1.54, 1.807) is 0 Å². The third kappa shape index (κ3) is 3.08. The van der Waals surface area contributed by atoms with Gasteiger partial charge in [-0.05, 0) is 37.0 Å². The summed E-state index contributed by atoms with van der Waals surface area (Å²) in [7, 11) is 0. The minimum Gasteiger partial charge on any atom is -0.381 e. The number of carbonyl (C=O) groups excluding carboxylic acids is 1. The van der Waals surface area contributed by atoms with Crippen LogP contribution in [0.3, 0.4) is 0 Å². The molecule has 1 spiro atoms. The van der Waals surface area contributed by atoms with E-state index in [0.29, 0.717) is 6.42 Å². The first-order valence-electron chi connectivity index (χ1n) is 8.69. The number of hydrogen-bond acceptors (Lipinski definition) is 3. The van der Waals surface area contributed by atoms with E-state index in [1.165, 1.54) is 0 Å². The fourth-order valence-electron chi connectivity index (χ4n) is 3.75. The number of nitrogens with zero attached hydrogens (tertiary/aromatic N) is 3. The summed E-state index contributed by atoms with van der Waals surface area (Å²) >= 11 is 0. The topological polar surface area (TPSA) is 47.4 Å². The van der Waals surface area contributed by atoms with Crippen LogP contribution in [0.15, 0.2) is 42.7 Å². The minimum absolute atomic E-state index is 0.210. The summed E-state index contributed by atoms with van der Waals surface area (Å²) in [6, 6.07) is 10.1. The number of carbonyl (C=O) groups is 1. The second-order valence-corrected chi connectivity index (χ2v) is 7.00. The minimum atomic E-state index is 0.210. The van der Waals surface area contributed by atoms with Crippen LogP contribution in [0.25, 0.3) is 5.69 Å². The predicted octanol–water partition coefficient (Wildman–Crippen LogP) is 2.44. The van der Waals surface area contributed by atoms with Crippen LogP contribution in [0.5, 0.6) is 0 Å². The molecule has 1 aromatic heterocycles. The predicted molar refractivity (Wildman–Crippen MR) is 91.0 cm³/mol. The maximum atomic E-state index is 12.2. The van der Waals surface area contributed by atoms with Gasteiger partial charge in [-0.1, -0.05) is 18.2 Å². The van der Waals surface area contributed by atoms with Crippen molar-refractivity contribution in [3.63, 3.8) is 0 Å². The van der Waals surface area contributed by atoms with E-state index in [4.69, 9.17) is 4.74 Å². The molecule has 4 rings (SSSR count). The molecule has 3 heterocycles. The van der Waals surface area contributed by atoms with E-state index < -0.39 is 0 Å². The number of rotatable bonds is 4. The molecule has 2 aliphatic rings. The molecular formula is C19H23N3O2. The summed E-state index contributed by atoms with van der Waals surface area (Å²) in [5, 5.41) is 4.43. The van der Waals surface area contributed by atoms with Gasteiger partial charge >= 0.3 is 0 Å². The van der Waals surface area contributed by atoms with Crippen LogP contribution in [0.1, 0.15) is 24.8 Å². The zero-order valence-corrected chi connectivity index (χ0v) is 13.9. The molecule has 5 nitrogen and oxygen atoms in total. The van der Waals surface area contributed by atoms with E-state index in [-0.39, 0.29) is 11.3 Å². The van der Waals surface area contributed by atoms with Gasteiger partial charge in [0.05, 0.1) is 18.5 Å². The normalized spacial score (nSPS) is 24.0. The first-order chi connectivity index (χ1) is 11.7. The van der Waals surface area contributed by atoms with Crippen molar-refractivity contribution in [2.24, 2.45) is 5.41 Å². The molecule has 2 fully saturated rings. The molecule has 0 radical (unpaired) electrons. The number of ether oxygens (including phenoxy) is 1. The number of aromatic nitrogens is 2. The highest BCUT2D eigenvalue weighted by molar-refractivity contribution is 5.77. The summed E-state index contributed by atoms with van der Waals surface area (Å²) in [5.41, 5.74) is 2.43. The average Bonchev–Trinajstić information content (AvgIpc) is 3.27. The summed E-state index contributed by atoms with van der Waals surface area (Å²) in [5.74, 6) is 0.281. The van der Waals surface area contributed by atoms with Crippen LogP contribution in [0.2, 0.25) is 0 Å². The molecule has 0 N–H and O–H groups in total. The number of piperidine rings is 1. The lowest BCUT2D eigenvalue weighted by atomic mass is 9.79. The Morgan fingerprint density at radius 3 is 2.88 bits per heavy atom. The number of amides is 1. The zero-order valence-electron chi connectivity index (χ0n) is 13.9. The lowest BCUT2D eigenvalue weighted by molar-refractivity contribution is -0.137. The Bertz CT molecular complexity index is 704. The summed E-state index contributed by atoms with van der Waals surface area (Å²) in [6.45, 7) is 3.26. The first kappa shape index (κ1) is 15.4. The van der Waals surface area contributed by atoms with Gasteiger partial charge < -0.3 is 9.64 Å². The Balaban J connectivity index is 1.39. The number of hydrogen-bond donors (Lipinski definition) is 0. The van der Waals surface area contributed by atoms with Crippen LogP contribution >= 0.6 is 0 Å². The van der Waals surface area contributed by atoms with Gasteiger partial charge in [-0.3, -0.25) is 4.79 Å². The highest BCUT2D eigenvalue weighted by Gasteiger charge is 2.41. The molecule has 0 aliphatic carbocycles. The van der Waals surface area contributed by atoms with Crippen molar-refractivity contribution in [2.45, 2.75) is 25.7 Å². The lowest BCUT2D eigenvalue weighted by Gasteiger charge is -2.39. The largest absolute Gasteiger partial charge is 0.381 e. The fraction of sp³-hybridized carbons (Fsp3) is 0.474. The summed E-state index contributed by atoms with van der Waals surface area (Å²) < 4.78 is 7.47. The third-order valence-corrected chi connectivity index (χ3v) is 5.26. The monoisotopic (exact) mass is 325 g/mol. The molecule has 5 heteroatoms. The number of benzene rings is 1. The quantitative estimate of drug-likeness (QED) is 0.867. The molecule has 24 heavy (non-hydrogen) atoms. The van der Waals surface area contributed by atoms with Crippen LogP contribution in [-0.4, -0.2) is 46.9 Å². The Morgan fingerprint density at radius 2 is 2.08 bits per heavy atom. The molecule has 1 aromatic carbocycles. The number of para-hydroxylation sites is 1. The van der Waals surface area contributed by atoms with Gasteiger partial charge in [-0.2, -0.15) is 5.10 Å². The molecule has 2 saturated heterocycles. The van der Waals surface area contributed by atoms with Gasteiger partial charge in [0.15, 0.2) is 0 Å². The van der Waals surface area contributed by atoms with Crippen molar-refractivity contribution in [1.82, 2.24) is 14.7 Å². The molecule has 0 bridgehead atoms. The molecule has 0 saturated carbocycles. The smallest absolute Gasteiger partial charge is 0.222 e. The standard InChI is InChI=1S/C19H23N3O2/c23-18-6-8-19(9-11-24-15-19)14-21(18)10-7-16-12-20-22(13-16)17-4-2-1-3-5-17/h1-5,12-13H,6-11,14-15H2/t19-/m0/s1. The molecule has 126 valence electrons. The third-order valence-electron chi connectivity index (χ3n) is 5.26. The van der Waals surface area contributed by atoms with E-state index in [0.717, 1.165) is 56.8 Å². The Kier molecular flexibility index (Phi) is 4.10. The zero-order chi connectivity index (χ0) is 16.4. The van der Waals surface area contributed by atoms with Crippen LogP contribution in [0.4, 0.5) is 0 Å². The second-order valence-electron chi connectivity index (χ2n) is 7.00. The molecule has 1 atom stereocenters. The van der Waals surface area contributed by atoms with Gasteiger partial charge in [-0.25, -0.2) is 4.68 Å². The van der Waals surface area contributed by atoms with E-state index in [9.17, 15) is 4.79 Å². The molecule has 1 amide bonds. The van der Waals surface area contributed by atoms with Crippen molar-refractivity contribution < 1.29 is 9.53 Å². The fourth-order valence-corrected chi connectivity index (χ4v) is 3.75. The van der Waals surface area contributed by atoms with E-state index in [1.807, 2.05) is 46.1 Å². The second kappa shape index (κ2) is 6.40. The maximum absolute atomic E-state index is 12.2. The van der Waals surface area contributed by atoms with Crippen molar-refractivity contribution >= 4 is 5.91 Å².